The number of ether oxygens (including phenoxy) is 2. The molecule has 38 heavy (non-hydrogen) atoms. The predicted octanol–water partition coefficient (Wildman–Crippen LogP) is 4.85. The van der Waals surface area contributed by atoms with Gasteiger partial charge in [0.1, 0.15) is 30.3 Å². The van der Waals surface area contributed by atoms with Crippen molar-refractivity contribution in [2.45, 2.75) is 13.2 Å². The van der Waals surface area contributed by atoms with Gasteiger partial charge < -0.3 is 14.8 Å². The van der Waals surface area contributed by atoms with Gasteiger partial charge in [-0.15, -0.1) is 5.10 Å². The molecule has 1 N–H and O–H groups in total. The molecular formula is C29H26N6O3. The van der Waals surface area contributed by atoms with Gasteiger partial charge in [-0.2, -0.15) is 0 Å². The standard InChI is InChI=1S/C29H26N6O3/c1-37-27-12-8-23(9-13-27)31-17-26(36)19-35-18-25(33-34-35)20-38-28-10-6-21(7-11-28)15-30-24-14-22-4-2-3-5-29(22)32-16-24/h2-16,18,31H,17,19-20H2,1H3. The van der Waals surface area contributed by atoms with Crippen LogP contribution in [0.2, 0.25) is 0 Å². The van der Waals surface area contributed by atoms with E-state index in [2.05, 4.69) is 25.6 Å². The normalized spacial score (nSPS) is 11.1. The highest BCUT2D eigenvalue weighted by Gasteiger charge is 2.08. The monoisotopic (exact) mass is 506 g/mol. The largest absolute Gasteiger partial charge is 0.497 e. The number of benzene rings is 3. The summed E-state index contributed by atoms with van der Waals surface area (Å²) in [6, 6.07) is 25.0. The lowest BCUT2D eigenvalue weighted by atomic mass is 10.2. The molecule has 5 rings (SSSR count). The number of anilines is 1. The van der Waals surface area contributed by atoms with Crippen LogP contribution in [0.15, 0.2) is 96.2 Å². The molecule has 0 unspecified atom stereocenters. The molecule has 190 valence electrons. The van der Waals surface area contributed by atoms with Crippen LogP contribution in [-0.4, -0.2) is 45.6 Å². The SMILES string of the molecule is COc1ccc(NCC(=O)Cn2cc(COc3ccc(C=Nc4cnc5ccccc5c4)cc3)nn2)cc1. The Morgan fingerprint density at radius 2 is 1.82 bits per heavy atom. The summed E-state index contributed by atoms with van der Waals surface area (Å²) < 4.78 is 12.5. The van der Waals surface area contributed by atoms with Gasteiger partial charge in [-0.05, 0) is 66.2 Å². The van der Waals surface area contributed by atoms with Crippen LogP contribution < -0.4 is 14.8 Å². The van der Waals surface area contributed by atoms with Gasteiger partial charge in [-0.25, -0.2) is 4.68 Å². The average Bonchev–Trinajstić information content (AvgIpc) is 3.41. The number of ketones is 1. The Morgan fingerprint density at radius 3 is 2.63 bits per heavy atom. The van der Waals surface area contributed by atoms with E-state index in [-0.39, 0.29) is 25.5 Å². The summed E-state index contributed by atoms with van der Waals surface area (Å²) in [4.78, 5) is 21.3. The molecule has 3 aromatic carbocycles. The minimum atomic E-state index is -0.0186. The summed E-state index contributed by atoms with van der Waals surface area (Å²) in [5, 5.41) is 12.3. The van der Waals surface area contributed by atoms with Crippen LogP contribution in [0.5, 0.6) is 11.5 Å². The fraction of sp³-hybridized carbons (Fsp3) is 0.138. The highest BCUT2D eigenvalue weighted by molar-refractivity contribution is 5.85. The number of para-hydroxylation sites is 1. The van der Waals surface area contributed by atoms with Gasteiger partial charge in [0.25, 0.3) is 0 Å². The molecule has 5 aromatic rings. The Hall–Kier alpha value is -5.05. The van der Waals surface area contributed by atoms with Crippen LogP contribution in [0.3, 0.4) is 0 Å². The highest BCUT2D eigenvalue weighted by atomic mass is 16.5. The second-order valence-corrected chi connectivity index (χ2v) is 8.53. The van der Waals surface area contributed by atoms with Gasteiger partial charge in [0.15, 0.2) is 5.78 Å². The maximum Gasteiger partial charge on any atom is 0.173 e. The number of hydrogen-bond donors (Lipinski definition) is 1. The number of methoxy groups -OCH3 is 1. The molecule has 0 amide bonds. The number of nitrogens with zero attached hydrogens (tertiary/aromatic N) is 5. The lowest BCUT2D eigenvalue weighted by Crippen LogP contribution is -2.19. The molecule has 2 heterocycles. The zero-order valence-corrected chi connectivity index (χ0v) is 20.8. The van der Waals surface area contributed by atoms with E-state index in [9.17, 15) is 4.79 Å². The molecule has 0 aliphatic heterocycles. The van der Waals surface area contributed by atoms with Crippen LogP contribution in [-0.2, 0) is 17.9 Å². The van der Waals surface area contributed by atoms with Gasteiger partial charge in [0, 0.05) is 17.3 Å². The van der Waals surface area contributed by atoms with Gasteiger partial charge in [-0.1, -0.05) is 23.4 Å². The fourth-order valence-electron chi connectivity index (χ4n) is 3.71. The first-order valence-electron chi connectivity index (χ1n) is 12.0. The van der Waals surface area contributed by atoms with E-state index in [1.807, 2.05) is 78.9 Å². The van der Waals surface area contributed by atoms with Crippen molar-refractivity contribution in [2.75, 3.05) is 19.0 Å². The van der Waals surface area contributed by atoms with E-state index in [0.29, 0.717) is 11.4 Å². The van der Waals surface area contributed by atoms with Crippen LogP contribution in [0.25, 0.3) is 10.9 Å². The van der Waals surface area contributed by atoms with Crippen molar-refractivity contribution in [2.24, 2.45) is 4.99 Å². The Kier molecular flexibility index (Phi) is 7.64. The Balaban J connectivity index is 1.08. The molecule has 2 aromatic heterocycles. The van der Waals surface area contributed by atoms with Crippen LogP contribution in [0.4, 0.5) is 11.4 Å². The molecule has 0 aliphatic carbocycles. The molecule has 9 heteroatoms. The second kappa shape index (κ2) is 11.8. The summed E-state index contributed by atoms with van der Waals surface area (Å²) in [5.41, 5.74) is 4.16. The molecule has 0 atom stereocenters. The summed E-state index contributed by atoms with van der Waals surface area (Å²) in [5.74, 6) is 1.44. The molecule has 0 fully saturated rings. The van der Waals surface area contributed by atoms with E-state index in [4.69, 9.17) is 9.47 Å². The van der Waals surface area contributed by atoms with Crippen molar-refractivity contribution in [1.29, 1.82) is 0 Å². The highest BCUT2D eigenvalue weighted by Crippen LogP contribution is 2.19. The van der Waals surface area contributed by atoms with E-state index >= 15 is 0 Å². The zero-order chi connectivity index (χ0) is 26.2. The number of rotatable bonds is 11. The first-order valence-corrected chi connectivity index (χ1v) is 12.0. The number of carbonyl (C=O) groups excluding carboxylic acids is 1. The third-order valence-electron chi connectivity index (χ3n) is 5.71. The smallest absolute Gasteiger partial charge is 0.173 e. The molecule has 0 bridgehead atoms. The number of pyridine rings is 1. The van der Waals surface area contributed by atoms with Crippen LogP contribution in [0, 0.1) is 0 Å². The van der Waals surface area contributed by atoms with Gasteiger partial charge in [0.2, 0.25) is 0 Å². The summed E-state index contributed by atoms with van der Waals surface area (Å²) in [6.45, 7) is 0.552. The number of fused-ring (bicyclic) bond motifs is 1. The summed E-state index contributed by atoms with van der Waals surface area (Å²) in [6.07, 6.45) is 5.26. The lowest BCUT2D eigenvalue weighted by molar-refractivity contribution is -0.118. The predicted molar refractivity (Wildman–Crippen MR) is 146 cm³/mol. The Bertz CT molecular complexity index is 1550. The number of carbonyl (C=O) groups is 1. The first-order chi connectivity index (χ1) is 18.6. The van der Waals surface area contributed by atoms with Gasteiger partial charge in [0.05, 0.1) is 37.3 Å². The molecule has 0 saturated heterocycles. The number of nitrogens with one attached hydrogen (secondary N) is 1. The van der Waals surface area contributed by atoms with E-state index in [0.717, 1.165) is 33.6 Å². The van der Waals surface area contributed by atoms with Crippen molar-refractivity contribution < 1.29 is 14.3 Å². The second-order valence-electron chi connectivity index (χ2n) is 8.53. The van der Waals surface area contributed by atoms with Gasteiger partial charge in [-0.3, -0.25) is 14.8 Å². The molecule has 0 aliphatic rings. The quantitative estimate of drug-likeness (QED) is 0.256. The number of aliphatic imine (C=N–C) groups is 1. The number of aromatic nitrogens is 4. The van der Waals surface area contributed by atoms with E-state index in [1.165, 1.54) is 4.68 Å². The van der Waals surface area contributed by atoms with Crippen molar-refractivity contribution in [3.63, 3.8) is 0 Å². The topological polar surface area (TPSA) is 104 Å². The summed E-state index contributed by atoms with van der Waals surface area (Å²) >= 11 is 0. The molecule has 0 radical (unpaired) electrons. The number of Topliss-reactive ketones (excluding diaryl/α,β-unsaturated/α-hetero) is 1. The fourth-order valence-corrected chi connectivity index (χ4v) is 3.71. The number of hydrogen-bond acceptors (Lipinski definition) is 8. The molecule has 0 spiro atoms. The Morgan fingerprint density at radius 1 is 1.03 bits per heavy atom. The maximum atomic E-state index is 12.3. The average molecular weight is 507 g/mol. The zero-order valence-electron chi connectivity index (χ0n) is 20.8. The summed E-state index contributed by atoms with van der Waals surface area (Å²) in [7, 11) is 1.61. The molecular weight excluding hydrogens is 480 g/mol. The minimum Gasteiger partial charge on any atom is -0.497 e. The van der Waals surface area contributed by atoms with E-state index < -0.39 is 0 Å². The minimum absolute atomic E-state index is 0.0186. The molecule has 0 saturated carbocycles. The van der Waals surface area contributed by atoms with Crippen molar-refractivity contribution >= 4 is 34.3 Å². The van der Waals surface area contributed by atoms with Crippen LogP contribution >= 0.6 is 0 Å². The van der Waals surface area contributed by atoms with Crippen molar-refractivity contribution in [3.05, 3.63) is 103 Å². The van der Waals surface area contributed by atoms with Crippen molar-refractivity contribution in [1.82, 2.24) is 20.0 Å². The van der Waals surface area contributed by atoms with Crippen molar-refractivity contribution in [3.8, 4) is 11.5 Å². The lowest BCUT2D eigenvalue weighted by Gasteiger charge is -2.06. The third-order valence-corrected chi connectivity index (χ3v) is 5.71. The van der Waals surface area contributed by atoms with Gasteiger partial charge >= 0.3 is 0 Å². The van der Waals surface area contributed by atoms with E-state index in [1.54, 1.807) is 25.7 Å². The third kappa shape index (κ3) is 6.58. The Labute approximate surface area is 219 Å². The first kappa shape index (κ1) is 24.6. The molecule has 9 nitrogen and oxygen atoms in total. The van der Waals surface area contributed by atoms with Crippen LogP contribution in [0.1, 0.15) is 11.3 Å². The maximum absolute atomic E-state index is 12.3.